The largest absolute Gasteiger partial charge is 0.480 e. The Morgan fingerprint density at radius 1 is 1.75 bits per heavy atom. The average Bonchev–Trinajstić information content (AvgIpc) is 2.07. The Bertz CT molecular complexity index is 204. The highest BCUT2D eigenvalue weighted by Gasteiger charge is 2.28. The van der Waals surface area contributed by atoms with Crippen LogP contribution in [-0.4, -0.2) is 24.2 Å². The zero-order valence-electron chi connectivity index (χ0n) is 6.79. The molecule has 0 aromatic carbocycles. The average molecular weight is 168 g/mol. The third-order valence-electron chi connectivity index (χ3n) is 2.21. The van der Waals surface area contributed by atoms with Gasteiger partial charge in [0.25, 0.3) is 0 Å². The highest BCUT2D eigenvalue weighted by molar-refractivity contribution is 5.73. The summed E-state index contributed by atoms with van der Waals surface area (Å²) >= 11 is 0. The van der Waals surface area contributed by atoms with Crippen molar-refractivity contribution < 1.29 is 9.90 Å². The molecule has 2 unspecified atom stereocenters. The molecule has 0 aromatic heterocycles. The van der Waals surface area contributed by atoms with Gasteiger partial charge in [0.05, 0.1) is 6.07 Å². The molecule has 0 spiro atoms. The summed E-state index contributed by atoms with van der Waals surface area (Å²) in [5, 5.41) is 20.4. The minimum absolute atomic E-state index is 0.0127. The maximum absolute atomic E-state index is 10.6. The molecule has 4 nitrogen and oxygen atoms in total. The van der Waals surface area contributed by atoms with Crippen molar-refractivity contribution >= 4 is 5.97 Å². The topological polar surface area (TPSA) is 73.1 Å². The van der Waals surface area contributed by atoms with E-state index >= 15 is 0 Å². The van der Waals surface area contributed by atoms with Crippen molar-refractivity contribution in [1.82, 2.24) is 5.32 Å². The van der Waals surface area contributed by atoms with Crippen molar-refractivity contribution in [2.24, 2.45) is 11.8 Å². The number of nitrogens with one attached hydrogen (secondary N) is 1. The summed E-state index contributed by atoms with van der Waals surface area (Å²) in [4.78, 5) is 10.6. The van der Waals surface area contributed by atoms with Gasteiger partial charge in [-0.25, -0.2) is 0 Å². The van der Waals surface area contributed by atoms with Crippen molar-refractivity contribution in [1.29, 1.82) is 5.26 Å². The minimum atomic E-state index is -0.994. The molecule has 1 aliphatic heterocycles. The minimum Gasteiger partial charge on any atom is -0.480 e. The van der Waals surface area contributed by atoms with E-state index in [1.54, 1.807) is 0 Å². The molecule has 66 valence electrons. The van der Waals surface area contributed by atoms with Crippen molar-refractivity contribution in [3.63, 3.8) is 0 Å². The number of carboxylic acids is 1. The van der Waals surface area contributed by atoms with Gasteiger partial charge in [0.15, 0.2) is 0 Å². The van der Waals surface area contributed by atoms with Gasteiger partial charge in [-0.15, -0.1) is 0 Å². The van der Waals surface area contributed by atoms with Crippen LogP contribution in [0.15, 0.2) is 0 Å². The zero-order chi connectivity index (χ0) is 8.97. The molecule has 1 heterocycles. The summed E-state index contributed by atoms with van der Waals surface area (Å²) in [5.41, 5.74) is 0. The Morgan fingerprint density at radius 2 is 2.50 bits per heavy atom. The first kappa shape index (κ1) is 9.01. The molecule has 1 fully saturated rings. The molecule has 2 N–H and O–H groups in total. The van der Waals surface area contributed by atoms with Crippen LogP contribution in [0.5, 0.6) is 0 Å². The van der Waals surface area contributed by atoms with E-state index < -0.39 is 11.9 Å². The maximum atomic E-state index is 10.6. The normalized spacial score (nSPS) is 25.8. The Balaban J connectivity index is 2.53. The summed E-state index contributed by atoms with van der Waals surface area (Å²) in [6.07, 6.45) is 1.81. The van der Waals surface area contributed by atoms with Gasteiger partial charge in [0, 0.05) is 0 Å². The van der Waals surface area contributed by atoms with Gasteiger partial charge in [-0.05, 0) is 31.8 Å². The molecule has 1 saturated heterocycles. The predicted molar refractivity (Wildman–Crippen MR) is 42.3 cm³/mol. The second-order valence-electron chi connectivity index (χ2n) is 3.05. The summed E-state index contributed by atoms with van der Waals surface area (Å²) in [6, 6.07) is 1.83. The molecule has 0 bridgehead atoms. The van der Waals surface area contributed by atoms with Gasteiger partial charge in [-0.2, -0.15) is 5.26 Å². The molecule has 4 heteroatoms. The molecule has 0 amide bonds. The lowest BCUT2D eigenvalue weighted by atomic mass is 9.87. The third-order valence-corrected chi connectivity index (χ3v) is 2.21. The highest BCUT2D eigenvalue weighted by atomic mass is 16.4. The number of rotatable bonds is 2. The lowest BCUT2D eigenvalue weighted by molar-refractivity contribution is -0.141. The van der Waals surface area contributed by atoms with E-state index in [1.165, 1.54) is 0 Å². The van der Waals surface area contributed by atoms with Crippen molar-refractivity contribution in [2.45, 2.75) is 12.8 Å². The Kier molecular flexibility index (Phi) is 3.06. The fourth-order valence-corrected chi connectivity index (χ4v) is 1.53. The number of hydrogen-bond acceptors (Lipinski definition) is 3. The Labute approximate surface area is 71.2 Å². The van der Waals surface area contributed by atoms with Gasteiger partial charge < -0.3 is 10.4 Å². The Morgan fingerprint density at radius 3 is 2.92 bits per heavy atom. The van der Waals surface area contributed by atoms with E-state index in [0.29, 0.717) is 6.54 Å². The van der Waals surface area contributed by atoms with Crippen LogP contribution in [0.25, 0.3) is 0 Å². The van der Waals surface area contributed by atoms with E-state index in [2.05, 4.69) is 5.32 Å². The van der Waals surface area contributed by atoms with Crippen molar-refractivity contribution in [3.8, 4) is 6.07 Å². The molecule has 1 aliphatic rings. The van der Waals surface area contributed by atoms with E-state index in [1.807, 2.05) is 6.07 Å². The quantitative estimate of drug-likeness (QED) is 0.618. The molecular weight excluding hydrogens is 156 g/mol. The third kappa shape index (κ3) is 1.95. The van der Waals surface area contributed by atoms with Crippen LogP contribution < -0.4 is 5.32 Å². The fraction of sp³-hybridized carbons (Fsp3) is 0.750. The van der Waals surface area contributed by atoms with E-state index in [0.717, 1.165) is 19.4 Å². The Hall–Kier alpha value is -1.08. The highest BCUT2D eigenvalue weighted by Crippen LogP contribution is 2.19. The van der Waals surface area contributed by atoms with Crippen LogP contribution in [-0.2, 0) is 4.79 Å². The molecule has 0 aromatic rings. The SMILES string of the molecule is N#CC(C(=O)O)C1CCCNC1. The number of nitriles is 1. The summed E-state index contributed by atoms with van der Waals surface area (Å²) in [5.74, 6) is -1.84. The van der Waals surface area contributed by atoms with E-state index in [4.69, 9.17) is 10.4 Å². The van der Waals surface area contributed by atoms with Crippen LogP contribution in [0.3, 0.4) is 0 Å². The number of nitrogens with zero attached hydrogens (tertiary/aromatic N) is 1. The predicted octanol–water partition coefficient (Wildman–Crippen LogP) is 0.210. The number of piperidine rings is 1. The molecule has 12 heavy (non-hydrogen) atoms. The zero-order valence-corrected chi connectivity index (χ0v) is 6.79. The van der Waals surface area contributed by atoms with Gasteiger partial charge in [0.2, 0.25) is 0 Å². The fourth-order valence-electron chi connectivity index (χ4n) is 1.53. The van der Waals surface area contributed by atoms with Crippen LogP contribution in [0, 0.1) is 23.2 Å². The van der Waals surface area contributed by atoms with Gasteiger partial charge in [0.1, 0.15) is 5.92 Å². The van der Waals surface area contributed by atoms with Gasteiger partial charge in [-0.3, -0.25) is 4.79 Å². The number of carboxylic acid groups (broad SMARTS) is 1. The standard InChI is InChI=1S/C8H12N2O2/c9-4-7(8(11)12)6-2-1-3-10-5-6/h6-7,10H,1-3,5H2,(H,11,12). The smallest absolute Gasteiger partial charge is 0.321 e. The first-order valence-electron chi connectivity index (χ1n) is 4.09. The number of hydrogen-bond donors (Lipinski definition) is 2. The molecule has 0 radical (unpaired) electrons. The summed E-state index contributed by atoms with van der Waals surface area (Å²) in [7, 11) is 0. The number of aliphatic carboxylic acids is 1. The second-order valence-corrected chi connectivity index (χ2v) is 3.05. The van der Waals surface area contributed by atoms with E-state index in [-0.39, 0.29) is 5.92 Å². The number of carbonyl (C=O) groups is 1. The second kappa shape index (κ2) is 4.07. The maximum Gasteiger partial charge on any atom is 0.321 e. The van der Waals surface area contributed by atoms with Gasteiger partial charge in [-0.1, -0.05) is 0 Å². The van der Waals surface area contributed by atoms with Crippen LogP contribution in [0.2, 0.25) is 0 Å². The molecule has 0 saturated carbocycles. The van der Waals surface area contributed by atoms with Crippen LogP contribution >= 0.6 is 0 Å². The van der Waals surface area contributed by atoms with Crippen LogP contribution in [0.4, 0.5) is 0 Å². The first-order chi connectivity index (χ1) is 5.75. The lowest BCUT2D eigenvalue weighted by Gasteiger charge is -2.23. The summed E-state index contributed by atoms with van der Waals surface area (Å²) in [6.45, 7) is 1.60. The van der Waals surface area contributed by atoms with Gasteiger partial charge >= 0.3 is 5.97 Å². The molecular formula is C8H12N2O2. The van der Waals surface area contributed by atoms with Crippen LogP contribution in [0.1, 0.15) is 12.8 Å². The lowest BCUT2D eigenvalue weighted by Crippen LogP contribution is -2.36. The van der Waals surface area contributed by atoms with E-state index in [9.17, 15) is 4.79 Å². The monoisotopic (exact) mass is 168 g/mol. The van der Waals surface area contributed by atoms with Crippen molar-refractivity contribution in [2.75, 3.05) is 13.1 Å². The van der Waals surface area contributed by atoms with Crippen molar-refractivity contribution in [3.05, 3.63) is 0 Å². The molecule has 0 aliphatic carbocycles. The first-order valence-corrected chi connectivity index (χ1v) is 4.09. The molecule has 2 atom stereocenters. The summed E-state index contributed by atoms with van der Waals surface area (Å²) < 4.78 is 0. The molecule has 1 rings (SSSR count).